The molecule has 5 saturated carbocycles. The maximum atomic E-state index is 13.3. The Morgan fingerprint density at radius 3 is 1.78 bits per heavy atom. The highest BCUT2D eigenvalue weighted by molar-refractivity contribution is 5.84. The van der Waals surface area contributed by atoms with Gasteiger partial charge in [0, 0.05) is 5.41 Å². The molecular formula is C37H60O8. The van der Waals surface area contributed by atoms with Crippen LogP contribution in [0.5, 0.6) is 0 Å². The average Bonchev–Trinajstić information content (AvgIpc) is 3.06. The summed E-state index contributed by atoms with van der Waals surface area (Å²) in [6, 6.07) is 0. The van der Waals surface area contributed by atoms with Gasteiger partial charge in [0.15, 0.2) is 6.61 Å². The molecule has 5 unspecified atom stereocenters. The molecule has 5 aliphatic rings. The number of rotatable bonds is 10. The van der Waals surface area contributed by atoms with E-state index >= 15 is 0 Å². The van der Waals surface area contributed by atoms with Gasteiger partial charge in [-0.05, 0) is 99.2 Å². The molecule has 0 amide bonds. The van der Waals surface area contributed by atoms with E-state index in [0.717, 1.165) is 32.1 Å². The third-order valence-corrected chi connectivity index (χ3v) is 12.2. The molecule has 45 heavy (non-hydrogen) atoms. The zero-order valence-electron chi connectivity index (χ0n) is 29.6. The fourth-order valence-electron chi connectivity index (χ4n) is 9.42. The summed E-state index contributed by atoms with van der Waals surface area (Å²) in [5.74, 6) is -1.22. The lowest BCUT2D eigenvalue weighted by Gasteiger charge is -2.54. The highest BCUT2D eigenvalue weighted by Crippen LogP contribution is 2.69. The second kappa shape index (κ2) is 13.2. The lowest BCUT2D eigenvalue weighted by Crippen LogP contribution is -2.53. The largest absolute Gasteiger partial charge is 0.462 e. The molecule has 0 saturated heterocycles. The standard InChI is InChI=1S/C37H60O8/c1-33(2,3)21-29(38)42-14-15-43-31(40)27-12-10-11-13-28(27)32(41)44-22-30(39)45-35(7,8)37-19-24-16-25(20-37)18-26(17-24)36(9,23-37)34(4,5)6/h24-28H,10-23H2,1-9H3. The minimum Gasteiger partial charge on any atom is -0.462 e. The molecule has 5 aliphatic carbocycles. The maximum absolute atomic E-state index is 13.3. The summed E-state index contributed by atoms with van der Waals surface area (Å²) in [6.07, 6.45) is 9.88. The van der Waals surface area contributed by atoms with E-state index in [1.54, 1.807) is 0 Å². The first kappa shape index (κ1) is 35.7. The molecule has 256 valence electrons. The van der Waals surface area contributed by atoms with Crippen molar-refractivity contribution in [3.8, 4) is 0 Å². The summed E-state index contributed by atoms with van der Waals surface area (Å²) < 4.78 is 22.4. The fourth-order valence-corrected chi connectivity index (χ4v) is 9.42. The van der Waals surface area contributed by atoms with E-state index in [1.165, 1.54) is 19.3 Å². The number of ether oxygens (including phenoxy) is 4. The molecule has 5 rings (SSSR count). The van der Waals surface area contributed by atoms with Crippen molar-refractivity contribution >= 4 is 23.9 Å². The summed E-state index contributed by atoms with van der Waals surface area (Å²) >= 11 is 0. The number of esters is 4. The van der Waals surface area contributed by atoms with Crippen molar-refractivity contribution in [1.29, 1.82) is 0 Å². The zero-order valence-corrected chi connectivity index (χ0v) is 29.6. The predicted octanol–water partition coefficient (Wildman–Crippen LogP) is 7.45. The number of fused-ring (bicyclic) bond motifs is 1. The normalized spacial score (nSPS) is 33.2. The van der Waals surface area contributed by atoms with Crippen molar-refractivity contribution in [2.45, 2.75) is 139 Å². The minimum absolute atomic E-state index is 0.0251. The van der Waals surface area contributed by atoms with Gasteiger partial charge in [-0.25, -0.2) is 4.79 Å². The van der Waals surface area contributed by atoms with Gasteiger partial charge in [-0.3, -0.25) is 14.4 Å². The van der Waals surface area contributed by atoms with Gasteiger partial charge in [0.2, 0.25) is 0 Å². The van der Waals surface area contributed by atoms with E-state index in [0.29, 0.717) is 30.6 Å². The third kappa shape index (κ3) is 8.06. The van der Waals surface area contributed by atoms with Gasteiger partial charge in [-0.1, -0.05) is 61.3 Å². The summed E-state index contributed by atoms with van der Waals surface area (Å²) in [7, 11) is 0. The van der Waals surface area contributed by atoms with Crippen LogP contribution in [0.15, 0.2) is 0 Å². The molecule has 0 N–H and O–H groups in total. The Hall–Kier alpha value is -2.12. The molecule has 0 aliphatic heterocycles. The van der Waals surface area contributed by atoms with Crippen molar-refractivity contribution in [2.24, 2.45) is 51.2 Å². The molecule has 8 nitrogen and oxygen atoms in total. The summed E-state index contributed by atoms with van der Waals surface area (Å²) in [5, 5.41) is 0. The smallest absolute Gasteiger partial charge is 0.344 e. The Morgan fingerprint density at radius 2 is 1.24 bits per heavy atom. The van der Waals surface area contributed by atoms with Crippen LogP contribution in [0.2, 0.25) is 0 Å². The van der Waals surface area contributed by atoms with Crippen LogP contribution in [-0.4, -0.2) is 49.3 Å². The second-order valence-corrected chi connectivity index (χ2v) is 17.9. The molecule has 4 bridgehead atoms. The number of hydrogen-bond donors (Lipinski definition) is 0. The molecule has 0 aromatic carbocycles. The summed E-state index contributed by atoms with van der Waals surface area (Å²) in [6.45, 7) is 19.0. The lowest BCUT2D eigenvalue weighted by molar-refractivity contribution is -0.190. The van der Waals surface area contributed by atoms with Gasteiger partial charge < -0.3 is 18.9 Å². The molecule has 0 aromatic heterocycles. The van der Waals surface area contributed by atoms with Gasteiger partial charge in [0.05, 0.1) is 18.3 Å². The number of hydrogen-bond acceptors (Lipinski definition) is 8. The minimum atomic E-state index is -0.702. The van der Waals surface area contributed by atoms with Crippen molar-refractivity contribution in [1.82, 2.24) is 0 Å². The van der Waals surface area contributed by atoms with Crippen LogP contribution < -0.4 is 0 Å². The monoisotopic (exact) mass is 632 g/mol. The van der Waals surface area contributed by atoms with Crippen molar-refractivity contribution < 1.29 is 38.1 Å². The maximum Gasteiger partial charge on any atom is 0.344 e. The third-order valence-electron chi connectivity index (χ3n) is 12.2. The topological polar surface area (TPSA) is 105 Å². The molecule has 0 aromatic rings. The molecule has 0 heterocycles. The van der Waals surface area contributed by atoms with E-state index in [2.05, 4.69) is 41.5 Å². The van der Waals surface area contributed by atoms with Crippen molar-refractivity contribution in [3.05, 3.63) is 0 Å². The van der Waals surface area contributed by atoms with Crippen LogP contribution in [0.1, 0.15) is 133 Å². The molecule has 0 spiro atoms. The molecule has 0 radical (unpaired) electrons. The number of carbonyl (C=O) groups excluding carboxylic acids is 4. The molecule has 5 fully saturated rings. The average molecular weight is 633 g/mol. The van der Waals surface area contributed by atoms with Crippen LogP contribution in [0.25, 0.3) is 0 Å². The summed E-state index contributed by atoms with van der Waals surface area (Å²) in [5.41, 5.74) is -0.729. The van der Waals surface area contributed by atoms with E-state index in [1.807, 2.05) is 20.8 Å². The predicted molar refractivity (Wildman–Crippen MR) is 171 cm³/mol. The highest BCUT2D eigenvalue weighted by atomic mass is 16.6. The van der Waals surface area contributed by atoms with Gasteiger partial charge >= 0.3 is 23.9 Å². The molecule has 8 heteroatoms. The van der Waals surface area contributed by atoms with Gasteiger partial charge in [0.25, 0.3) is 0 Å². The van der Waals surface area contributed by atoms with Crippen LogP contribution in [0.3, 0.4) is 0 Å². The zero-order chi connectivity index (χ0) is 33.4. The van der Waals surface area contributed by atoms with Crippen molar-refractivity contribution in [3.63, 3.8) is 0 Å². The first-order valence-electron chi connectivity index (χ1n) is 17.5. The quantitative estimate of drug-likeness (QED) is 0.139. The van der Waals surface area contributed by atoms with Crippen LogP contribution in [0.4, 0.5) is 0 Å². The second-order valence-electron chi connectivity index (χ2n) is 17.9. The first-order chi connectivity index (χ1) is 20.8. The van der Waals surface area contributed by atoms with Crippen LogP contribution in [0, 0.1) is 51.2 Å². The van der Waals surface area contributed by atoms with Gasteiger partial charge in [-0.2, -0.15) is 0 Å². The Labute approximate surface area is 271 Å². The van der Waals surface area contributed by atoms with E-state index < -0.39 is 42.0 Å². The fraction of sp³-hybridized carbons (Fsp3) is 0.892. The van der Waals surface area contributed by atoms with E-state index in [-0.39, 0.29) is 47.3 Å². The van der Waals surface area contributed by atoms with E-state index in [9.17, 15) is 19.2 Å². The number of carbonyl (C=O) groups is 4. The highest BCUT2D eigenvalue weighted by Gasteiger charge is 2.63. The Kier molecular flexibility index (Phi) is 10.5. The van der Waals surface area contributed by atoms with Gasteiger partial charge in [-0.15, -0.1) is 0 Å². The summed E-state index contributed by atoms with van der Waals surface area (Å²) in [4.78, 5) is 51.3. The van der Waals surface area contributed by atoms with Crippen LogP contribution in [-0.2, 0) is 38.1 Å². The Morgan fingerprint density at radius 1 is 0.711 bits per heavy atom. The van der Waals surface area contributed by atoms with E-state index in [4.69, 9.17) is 18.9 Å². The molecular weight excluding hydrogens is 572 g/mol. The van der Waals surface area contributed by atoms with Gasteiger partial charge in [0.1, 0.15) is 18.8 Å². The van der Waals surface area contributed by atoms with Crippen molar-refractivity contribution in [2.75, 3.05) is 19.8 Å². The van der Waals surface area contributed by atoms with Crippen LogP contribution >= 0.6 is 0 Å². The Bertz CT molecular complexity index is 1100. The lowest BCUT2D eigenvalue weighted by atomic mass is 9.53. The Balaban J connectivity index is 1.32. The molecule has 5 atom stereocenters. The first-order valence-corrected chi connectivity index (χ1v) is 17.5. The SMILES string of the molecule is CC(C)(C)CC(=O)OCCOC(=O)C1CCCCC1C(=O)OCC(=O)OC(C)(C)C12CC3CC(CC(C3)C(C)(C(C)(C)C)C1)C2.